The third-order valence-corrected chi connectivity index (χ3v) is 4.85. The molecule has 1 fully saturated rings. The van der Waals surface area contributed by atoms with Gasteiger partial charge in [0, 0.05) is 18.5 Å². The zero-order chi connectivity index (χ0) is 17.0. The highest BCUT2D eigenvalue weighted by molar-refractivity contribution is 7.86. The lowest BCUT2D eigenvalue weighted by Gasteiger charge is -2.35. The second-order valence-corrected chi connectivity index (χ2v) is 7.86. The van der Waals surface area contributed by atoms with Gasteiger partial charge >= 0.3 is 10.1 Å². The third-order valence-electron chi connectivity index (χ3n) is 4.36. The molecule has 0 heterocycles. The Bertz CT molecular complexity index is 652. The van der Waals surface area contributed by atoms with Crippen molar-refractivity contribution in [3.63, 3.8) is 0 Å². The summed E-state index contributed by atoms with van der Waals surface area (Å²) in [5.41, 5.74) is 0.874. The van der Waals surface area contributed by atoms with Crippen molar-refractivity contribution in [2.45, 2.75) is 52.1 Å². The van der Waals surface area contributed by atoms with Crippen LogP contribution in [0.4, 0.5) is 0 Å². The van der Waals surface area contributed by atoms with Crippen molar-refractivity contribution in [1.82, 2.24) is 4.90 Å². The van der Waals surface area contributed by atoms with Gasteiger partial charge in [-0.05, 0) is 43.9 Å². The van der Waals surface area contributed by atoms with Crippen molar-refractivity contribution in [2.24, 2.45) is 5.92 Å². The first kappa shape index (κ1) is 17.8. The van der Waals surface area contributed by atoms with Crippen molar-refractivity contribution < 1.29 is 17.4 Å². The van der Waals surface area contributed by atoms with Gasteiger partial charge in [0.1, 0.15) is 5.75 Å². The molecule has 1 aromatic rings. The van der Waals surface area contributed by atoms with Crippen LogP contribution in [-0.4, -0.2) is 31.5 Å². The van der Waals surface area contributed by atoms with Crippen LogP contribution in [-0.2, 0) is 21.5 Å². The zero-order valence-electron chi connectivity index (χ0n) is 14.0. The topological polar surface area (TPSA) is 63.7 Å². The molecule has 0 spiro atoms. The van der Waals surface area contributed by atoms with Gasteiger partial charge in [0.25, 0.3) is 0 Å². The highest BCUT2D eigenvalue weighted by Gasteiger charge is 2.31. The Morgan fingerprint density at radius 3 is 2.61 bits per heavy atom. The fourth-order valence-electron chi connectivity index (χ4n) is 2.63. The Morgan fingerprint density at radius 1 is 1.39 bits per heavy atom. The highest BCUT2D eigenvalue weighted by atomic mass is 32.2. The van der Waals surface area contributed by atoms with E-state index in [1.165, 1.54) is 0 Å². The van der Waals surface area contributed by atoms with Gasteiger partial charge in [-0.2, -0.15) is 8.42 Å². The van der Waals surface area contributed by atoms with E-state index in [1.807, 2.05) is 17.9 Å². The first-order chi connectivity index (χ1) is 10.8. The molecule has 0 aromatic heterocycles. The molecule has 1 amide bonds. The van der Waals surface area contributed by atoms with E-state index in [0.29, 0.717) is 6.54 Å². The van der Waals surface area contributed by atoms with Crippen molar-refractivity contribution in [3.8, 4) is 5.75 Å². The minimum absolute atomic E-state index is 0.152. The van der Waals surface area contributed by atoms with E-state index in [2.05, 4.69) is 6.92 Å². The number of rotatable bonds is 7. The summed E-state index contributed by atoms with van der Waals surface area (Å²) in [7, 11) is -3.55. The molecule has 0 unspecified atom stereocenters. The van der Waals surface area contributed by atoms with Crippen LogP contribution in [0.5, 0.6) is 5.75 Å². The molecule has 1 aliphatic rings. The molecule has 0 bridgehead atoms. The molecule has 2 rings (SSSR count). The molecule has 1 aromatic carbocycles. The highest BCUT2D eigenvalue weighted by Crippen LogP contribution is 2.30. The molecular formula is C17H25NO4S. The van der Waals surface area contributed by atoms with Crippen molar-refractivity contribution in [3.05, 3.63) is 29.8 Å². The molecule has 1 aliphatic carbocycles. The number of hydrogen-bond donors (Lipinski definition) is 0. The number of hydrogen-bond acceptors (Lipinski definition) is 4. The van der Waals surface area contributed by atoms with Gasteiger partial charge in [0.2, 0.25) is 5.91 Å². The standard InChI is InChI=1S/C17H25NO4S/c1-4-13(2)18(17(19)15-8-6-9-15)12-14-7-5-10-16(11-14)22-23(3,20)21/h5,7,10-11,13,15H,4,6,8-9,12H2,1-3H3/t13-/m1/s1. The Labute approximate surface area is 138 Å². The summed E-state index contributed by atoms with van der Waals surface area (Å²) in [4.78, 5) is 14.5. The maximum absolute atomic E-state index is 12.6. The fourth-order valence-corrected chi connectivity index (χ4v) is 3.08. The van der Waals surface area contributed by atoms with E-state index < -0.39 is 10.1 Å². The van der Waals surface area contributed by atoms with Crippen LogP contribution in [0.3, 0.4) is 0 Å². The summed E-state index contributed by atoms with van der Waals surface area (Å²) in [5, 5.41) is 0. The van der Waals surface area contributed by atoms with E-state index in [-0.39, 0.29) is 23.6 Å². The smallest absolute Gasteiger partial charge is 0.306 e. The minimum Gasteiger partial charge on any atom is -0.383 e. The van der Waals surface area contributed by atoms with E-state index in [9.17, 15) is 13.2 Å². The molecule has 1 saturated carbocycles. The van der Waals surface area contributed by atoms with E-state index >= 15 is 0 Å². The second-order valence-electron chi connectivity index (χ2n) is 6.29. The molecule has 23 heavy (non-hydrogen) atoms. The normalized spacial score (nSPS) is 16.5. The van der Waals surface area contributed by atoms with Gasteiger partial charge in [-0.1, -0.05) is 25.5 Å². The van der Waals surface area contributed by atoms with Crippen molar-refractivity contribution in [1.29, 1.82) is 0 Å². The summed E-state index contributed by atoms with van der Waals surface area (Å²) >= 11 is 0. The summed E-state index contributed by atoms with van der Waals surface area (Å²) < 4.78 is 27.4. The Kier molecular flexibility index (Phi) is 5.68. The Morgan fingerprint density at radius 2 is 2.09 bits per heavy atom. The van der Waals surface area contributed by atoms with Crippen LogP contribution in [0, 0.1) is 5.92 Å². The van der Waals surface area contributed by atoms with Crippen LogP contribution >= 0.6 is 0 Å². The number of amides is 1. The predicted octanol–water partition coefficient (Wildman–Crippen LogP) is 2.95. The monoisotopic (exact) mass is 339 g/mol. The van der Waals surface area contributed by atoms with Crippen LogP contribution in [0.15, 0.2) is 24.3 Å². The number of benzene rings is 1. The van der Waals surface area contributed by atoms with Gasteiger partial charge in [-0.25, -0.2) is 0 Å². The van der Waals surface area contributed by atoms with E-state index in [0.717, 1.165) is 37.5 Å². The van der Waals surface area contributed by atoms with Gasteiger partial charge in [-0.3, -0.25) is 4.79 Å². The number of carbonyl (C=O) groups excluding carboxylic acids is 1. The summed E-state index contributed by atoms with van der Waals surface area (Å²) in [5.74, 6) is 0.643. The lowest BCUT2D eigenvalue weighted by Crippen LogP contribution is -2.43. The molecule has 128 valence electrons. The van der Waals surface area contributed by atoms with E-state index in [4.69, 9.17) is 4.18 Å². The van der Waals surface area contributed by atoms with Crippen LogP contribution < -0.4 is 4.18 Å². The molecule has 6 heteroatoms. The van der Waals surface area contributed by atoms with Gasteiger partial charge in [-0.15, -0.1) is 0 Å². The van der Waals surface area contributed by atoms with Gasteiger partial charge in [0.15, 0.2) is 0 Å². The first-order valence-corrected chi connectivity index (χ1v) is 9.90. The SMILES string of the molecule is CC[C@@H](C)N(Cc1cccc(OS(C)(=O)=O)c1)C(=O)C1CCC1. The lowest BCUT2D eigenvalue weighted by atomic mass is 9.84. The minimum atomic E-state index is -3.55. The van der Waals surface area contributed by atoms with Crippen molar-refractivity contribution in [2.75, 3.05) is 6.26 Å². The average Bonchev–Trinajstić information content (AvgIpc) is 2.40. The predicted molar refractivity (Wildman–Crippen MR) is 89.6 cm³/mol. The molecule has 0 saturated heterocycles. The van der Waals surface area contributed by atoms with Crippen molar-refractivity contribution >= 4 is 16.0 Å². The quantitative estimate of drug-likeness (QED) is 0.717. The maximum Gasteiger partial charge on any atom is 0.306 e. The lowest BCUT2D eigenvalue weighted by molar-refractivity contribution is -0.141. The van der Waals surface area contributed by atoms with E-state index in [1.54, 1.807) is 18.2 Å². The van der Waals surface area contributed by atoms with Crippen LogP contribution in [0.1, 0.15) is 45.1 Å². The molecular weight excluding hydrogens is 314 g/mol. The molecule has 1 atom stereocenters. The molecule has 0 radical (unpaired) electrons. The maximum atomic E-state index is 12.6. The molecule has 0 aliphatic heterocycles. The number of carbonyl (C=O) groups is 1. The Hall–Kier alpha value is -1.56. The summed E-state index contributed by atoms with van der Waals surface area (Å²) in [6.45, 7) is 4.59. The third kappa shape index (κ3) is 4.96. The average molecular weight is 339 g/mol. The van der Waals surface area contributed by atoms with Gasteiger partial charge < -0.3 is 9.08 Å². The second kappa shape index (κ2) is 7.34. The van der Waals surface area contributed by atoms with Gasteiger partial charge in [0.05, 0.1) is 6.26 Å². The largest absolute Gasteiger partial charge is 0.383 e. The summed E-state index contributed by atoms with van der Waals surface area (Å²) in [6, 6.07) is 7.08. The first-order valence-electron chi connectivity index (χ1n) is 8.09. The molecule has 5 nitrogen and oxygen atoms in total. The van der Waals surface area contributed by atoms with Crippen LogP contribution in [0.2, 0.25) is 0 Å². The fraction of sp³-hybridized carbons (Fsp3) is 0.588. The molecule has 0 N–H and O–H groups in total. The number of nitrogens with zero attached hydrogens (tertiary/aromatic N) is 1. The summed E-state index contributed by atoms with van der Waals surface area (Å²) in [6.07, 6.45) is 4.98. The Balaban J connectivity index is 2.15. The zero-order valence-corrected chi connectivity index (χ0v) is 14.8. The van der Waals surface area contributed by atoms with Crippen LogP contribution in [0.25, 0.3) is 0 Å².